The average molecular weight is 484 g/mol. The summed E-state index contributed by atoms with van der Waals surface area (Å²) in [5, 5.41) is 7.81. The van der Waals surface area contributed by atoms with Crippen molar-refractivity contribution in [1.82, 2.24) is 19.3 Å². The monoisotopic (exact) mass is 483 g/mol. The second-order valence-corrected chi connectivity index (χ2v) is 9.64. The maximum Gasteiger partial charge on any atom is 0.341 e. The van der Waals surface area contributed by atoms with E-state index < -0.39 is 11.9 Å². The highest BCUT2D eigenvalue weighted by Gasteiger charge is 2.28. The standard InChI is InChI=1S/C24H29N5O4S/c1-6-33-23(32)20-17-9-7-8-10-18(17)34-21(20)26-19(30)12-28-22(31)15(4)16(5)25-24(28)29-14(3)11-13(2)27-29/h11H,6-10,12H2,1-5H3,(H,26,30). The molecule has 10 heteroatoms. The van der Waals surface area contributed by atoms with Crippen LogP contribution < -0.4 is 10.9 Å². The number of nitrogens with zero attached hydrogens (tertiary/aromatic N) is 4. The quantitative estimate of drug-likeness (QED) is 0.538. The number of carbonyl (C=O) groups is 2. The van der Waals surface area contributed by atoms with Gasteiger partial charge in [0, 0.05) is 21.8 Å². The fourth-order valence-electron chi connectivity index (χ4n) is 4.26. The van der Waals surface area contributed by atoms with Crippen LogP contribution in [0.5, 0.6) is 0 Å². The fraction of sp³-hybridized carbons (Fsp3) is 0.458. The van der Waals surface area contributed by atoms with E-state index in [4.69, 9.17) is 4.74 Å². The van der Waals surface area contributed by atoms with Gasteiger partial charge in [-0.2, -0.15) is 5.10 Å². The molecule has 0 unspecified atom stereocenters. The van der Waals surface area contributed by atoms with Crippen LogP contribution in [-0.4, -0.2) is 37.8 Å². The van der Waals surface area contributed by atoms with Crippen LogP contribution in [0.2, 0.25) is 0 Å². The lowest BCUT2D eigenvalue weighted by atomic mass is 9.95. The number of hydrogen-bond acceptors (Lipinski definition) is 7. The van der Waals surface area contributed by atoms with Crippen LogP contribution in [0.3, 0.4) is 0 Å². The third kappa shape index (κ3) is 4.42. The minimum absolute atomic E-state index is 0.256. The zero-order valence-corrected chi connectivity index (χ0v) is 21.0. The topological polar surface area (TPSA) is 108 Å². The molecule has 0 saturated carbocycles. The number of rotatable bonds is 6. The van der Waals surface area contributed by atoms with Gasteiger partial charge in [0.25, 0.3) is 5.56 Å². The SMILES string of the molecule is CCOC(=O)c1c(NC(=O)Cn2c(-n3nc(C)cc3C)nc(C)c(C)c2=O)sc2c1CCCC2. The molecule has 0 spiro atoms. The van der Waals surface area contributed by atoms with Crippen molar-refractivity contribution in [3.63, 3.8) is 0 Å². The van der Waals surface area contributed by atoms with Crippen LogP contribution in [0.15, 0.2) is 10.9 Å². The molecule has 0 aliphatic heterocycles. The second-order valence-electron chi connectivity index (χ2n) is 8.54. The number of aryl methyl sites for hydroxylation is 4. The zero-order valence-electron chi connectivity index (χ0n) is 20.2. The maximum absolute atomic E-state index is 13.2. The minimum atomic E-state index is -0.425. The number of ether oxygens (including phenoxy) is 1. The molecule has 0 atom stereocenters. The van der Waals surface area contributed by atoms with Crippen LogP contribution in [0, 0.1) is 27.7 Å². The van der Waals surface area contributed by atoms with Gasteiger partial charge in [0.15, 0.2) is 0 Å². The van der Waals surface area contributed by atoms with Crippen molar-refractivity contribution in [2.45, 2.75) is 66.8 Å². The maximum atomic E-state index is 13.2. The summed E-state index contributed by atoms with van der Waals surface area (Å²) in [5.74, 6) is -0.561. The Bertz CT molecular complexity index is 1330. The first kappa shape index (κ1) is 23.9. The number of amides is 1. The van der Waals surface area contributed by atoms with Crippen LogP contribution in [0.25, 0.3) is 5.95 Å². The van der Waals surface area contributed by atoms with Crippen molar-refractivity contribution in [1.29, 1.82) is 0 Å². The summed E-state index contributed by atoms with van der Waals surface area (Å²) in [7, 11) is 0. The first-order valence-electron chi connectivity index (χ1n) is 11.4. The van der Waals surface area contributed by atoms with Gasteiger partial charge in [-0.15, -0.1) is 11.3 Å². The van der Waals surface area contributed by atoms with Crippen molar-refractivity contribution < 1.29 is 14.3 Å². The van der Waals surface area contributed by atoms with E-state index in [2.05, 4.69) is 15.4 Å². The van der Waals surface area contributed by atoms with E-state index in [1.807, 2.05) is 19.9 Å². The van der Waals surface area contributed by atoms with Crippen molar-refractivity contribution in [2.24, 2.45) is 0 Å². The predicted molar refractivity (Wildman–Crippen MR) is 130 cm³/mol. The summed E-state index contributed by atoms with van der Waals surface area (Å²) in [5.41, 5.74) is 3.75. The Hall–Kier alpha value is -3.27. The number of anilines is 1. The molecule has 0 aromatic carbocycles. The molecule has 3 heterocycles. The predicted octanol–water partition coefficient (Wildman–Crippen LogP) is 3.42. The Morgan fingerprint density at radius 2 is 1.91 bits per heavy atom. The molecule has 9 nitrogen and oxygen atoms in total. The fourth-order valence-corrected chi connectivity index (χ4v) is 5.55. The molecule has 0 saturated heterocycles. The van der Waals surface area contributed by atoms with E-state index >= 15 is 0 Å². The summed E-state index contributed by atoms with van der Waals surface area (Å²) in [6, 6.07) is 1.88. The number of esters is 1. The van der Waals surface area contributed by atoms with Crippen LogP contribution >= 0.6 is 11.3 Å². The second kappa shape index (κ2) is 9.54. The summed E-state index contributed by atoms with van der Waals surface area (Å²) >= 11 is 1.42. The molecule has 1 amide bonds. The van der Waals surface area contributed by atoms with Crippen molar-refractivity contribution in [2.75, 3.05) is 11.9 Å². The van der Waals surface area contributed by atoms with Crippen LogP contribution in [-0.2, 0) is 28.9 Å². The number of fused-ring (bicyclic) bond motifs is 1. The van der Waals surface area contributed by atoms with Gasteiger partial charge in [-0.3, -0.25) is 14.2 Å². The molecule has 4 rings (SSSR count). The molecule has 1 aliphatic carbocycles. The highest BCUT2D eigenvalue weighted by molar-refractivity contribution is 7.17. The van der Waals surface area contributed by atoms with Crippen LogP contribution in [0.1, 0.15) is 63.2 Å². The Balaban J connectivity index is 1.70. The first-order valence-corrected chi connectivity index (χ1v) is 12.3. The summed E-state index contributed by atoms with van der Waals surface area (Å²) in [6.07, 6.45) is 3.72. The van der Waals surface area contributed by atoms with E-state index in [0.717, 1.165) is 47.5 Å². The normalized spacial score (nSPS) is 13.0. The van der Waals surface area contributed by atoms with Gasteiger partial charge in [0.2, 0.25) is 11.9 Å². The van der Waals surface area contributed by atoms with Crippen molar-refractivity contribution in [3.05, 3.63) is 55.1 Å². The Morgan fingerprint density at radius 3 is 2.59 bits per heavy atom. The molecule has 3 aromatic heterocycles. The van der Waals surface area contributed by atoms with Crippen molar-refractivity contribution >= 4 is 28.2 Å². The van der Waals surface area contributed by atoms with Crippen molar-refractivity contribution in [3.8, 4) is 5.95 Å². The average Bonchev–Trinajstić information content (AvgIpc) is 3.32. The Morgan fingerprint density at radius 1 is 1.18 bits per heavy atom. The van der Waals surface area contributed by atoms with Gasteiger partial charge in [0.05, 0.1) is 17.9 Å². The molecule has 1 aliphatic rings. The number of aromatic nitrogens is 4. The third-order valence-corrected chi connectivity index (χ3v) is 7.23. The molecule has 0 bridgehead atoms. The van der Waals surface area contributed by atoms with Crippen LogP contribution in [0.4, 0.5) is 5.00 Å². The first-order chi connectivity index (χ1) is 16.2. The number of nitrogens with one attached hydrogen (secondary N) is 1. The summed E-state index contributed by atoms with van der Waals surface area (Å²) in [4.78, 5) is 44.7. The van der Waals surface area contributed by atoms with E-state index in [9.17, 15) is 14.4 Å². The van der Waals surface area contributed by atoms with Gasteiger partial charge in [-0.25, -0.2) is 14.5 Å². The number of thiophene rings is 1. The third-order valence-electron chi connectivity index (χ3n) is 6.02. The molecular weight excluding hydrogens is 454 g/mol. The number of hydrogen-bond donors (Lipinski definition) is 1. The zero-order chi connectivity index (χ0) is 24.6. The van der Waals surface area contributed by atoms with Gasteiger partial charge < -0.3 is 10.1 Å². The molecule has 1 N–H and O–H groups in total. The number of carbonyl (C=O) groups excluding carboxylic acids is 2. The van der Waals surface area contributed by atoms with Gasteiger partial charge >= 0.3 is 5.97 Å². The largest absolute Gasteiger partial charge is 0.462 e. The summed E-state index contributed by atoms with van der Waals surface area (Å²) < 4.78 is 8.17. The van der Waals surface area contributed by atoms with Gasteiger partial charge in [-0.1, -0.05) is 0 Å². The molecule has 0 radical (unpaired) electrons. The minimum Gasteiger partial charge on any atom is -0.462 e. The van der Waals surface area contributed by atoms with Gasteiger partial charge in [0.1, 0.15) is 11.5 Å². The lowest BCUT2D eigenvalue weighted by Crippen LogP contribution is -2.34. The van der Waals surface area contributed by atoms with E-state index in [0.29, 0.717) is 21.8 Å². The van der Waals surface area contributed by atoms with Gasteiger partial charge in [-0.05, 0) is 71.9 Å². The smallest absolute Gasteiger partial charge is 0.341 e. The molecule has 180 valence electrons. The van der Waals surface area contributed by atoms with E-state index in [1.165, 1.54) is 15.9 Å². The molecule has 0 fully saturated rings. The van der Waals surface area contributed by atoms with E-state index in [1.54, 1.807) is 25.5 Å². The molecule has 3 aromatic rings. The lowest BCUT2D eigenvalue weighted by molar-refractivity contribution is -0.116. The Kier molecular flexibility index (Phi) is 6.70. The Labute approximate surface area is 201 Å². The molecule has 34 heavy (non-hydrogen) atoms. The van der Waals surface area contributed by atoms with E-state index in [-0.39, 0.29) is 24.7 Å². The highest BCUT2D eigenvalue weighted by Crippen LogP contribution is 2.38. The molecular formula is C24H29N5O4S. The highest BCUT2D eigenvalue weighted by atomic mass is 32.1. The lowest BCUT2D eigenvalue weighted by Gasteiger charge is -2.15. The summed E-state index contributed by atoms with van der Waals surface area (Å²) in [6.45, 7) is 8.93.